The number of piperazine rings is 1. The lowest BCUT2D eigenvalue weighted by Crippen LogP contribution is -2.51. The van der Waals surface area contributed by atoms with E-state index in [0.717, 1.165) is 43.2 Å². The van der Waals surface area contributed by atoms with Crippen molar-refractivity contribution in [3.8, 4) is 11.5 Å². The van der Waals surface area contributed by atoms with Gasteiger partial charge in [-0.3, -0.25) is 9.80 Å². The highest BCUT2D eigenvalue weighted by Crippen LogP contribution is 2.34. The predicted octanol–water partition coefficient (Wildman–Crippen LogP) is 3.24. The van der Waals surface area contributed by atoms with E-state index in [1.807, 2.05) is 30.3 Å². The summed E-state index contributed by atoms with van der Waals surface area (Å²) >= 11 is 0. The van der Waals surface area contributed by atoms with Gasteiger partial charge in [-0.1, -0.05) is 37.1 Å². The number of hydrogen-bond donors (Lipinski definition) is 0. The Morgan fingerprint density at radius 3 is 2.59 bits per heavy atom. The molecule has 34 heavy (non-hydrogen) atoms. The number of fused-ring (bicyclic) bond motifs is 1. The van der Waals surface area contributed by atoms with Crippen molar-refractivity contribution in [3.63, 3.8) is 0 Å². The van der Waals surface area contributed by atoms with Gasteiger partial charge in [0.15, 0.2) is 17.3 Å². The molecule has 0 radical (unpaired) electrons. The van der Waals surface area contributed by atoms with Crippen molar-refractivity contribution in [2.24, 2.45) is 0 Å². The molecule has 3 aromatic rings. The van der Waals surface area contributed by atoms with Crippen molar-refractivity contribution in [2.45, 2.75) is 44.3 Å². The summed E-state index contributed by atoms with van der Waals surface area (Å²) < 4.78 is 27.8. The van der Waals surface area contributed by atoms with Gasteiger partial charge in [0, 0.05) is 37.8 Å². The fourth-order valence-corrected chi connectivity index (χ4v) is 5.56. The van der Waals surface area contributed by atoms with Crippen LogP contribution in [0.5, 0.6) is 11.5 Å². The molecule has 178 valence electrons. The summed E-state index contributed by atoms with van der Waals surface area (Å²) in [5.74, 6) is 1.88. The number of rotatable bonds is 6. The standard InChI is InChI=1S/C25H29FN6O2/c26-21-8-4-3-7-20(21)24(31-13-11-30(12-14-31)19-5-1-2-6-19)25-27-28-29-32(25)16-18-9-10-22-23(15-18)34-17-33-22/h3-4,7-10,15,19,24H,1-2,5-6,11-14,16-17H2/t24-/m1/s1. The Morgan fingerprint density at radius 2 is 1.76 bits per heavy atom. The van der Waals surface area contributed by atoms with E-state index < -0.39 is 0 Å². The molecule has 6 rings (SSSR count). The second-order valence-corrected chi connectivity index (χ2v) is 9.32. The maximum absolute atomic E-state index is 15.1. The van der Waals surface area contributed by atoms with E-state index in [9.17, 15) is 0 Å². The zero-order valence-corrected chi connectivity index (χ0v) is 19.1. The second-order valence-electron chi connectivity index (χ2n) is 9.32. The Hall–Kier alpha value is -3.04. The van der Waals surface area contributed by atoms with Crippen LogP contribution in [-0.4, -0.2) is 69.0 Å². The minimum absolute atomic E-state index is 0.233. The first kappa shape index (κ1) is 21.5. The topological polar surface area (TPSA) is 68.5 Å². The predicted molar refractivity (Wildman–Crippen MR) is 123 cm³/mol. The van der Waals surface area contributed by atoms with Crippen molar-refractivity contribution in [1.82, 2.24) is 30.0 Å². The molecule has 2 aliphatic heterocycles. The number of benzene rings is 2. The van der Waals surface area contributed by atoms with Crippen LogP contribution >= 0.6 is 0 Å². The molecule has 3 aliphatic rings. The van der Waals surface area contributed by atoms with Gasteiger partial charge in [0.25, 0.3) is 0 Å². The van der Waals surface area contributed by atoms with E-state index in [0.29, 0.717) is 24.0 Å². The average molecular weight is 465 g/mol. The molecule has 9 heteroatoms. The third-order valence-electron chi connectivity index (χ3n) is 7.33. The summed E-state index contributed by atoms with van der Waals surface area (Å²) in [6.45, 7) is 4.38. The molecule has 0 spiro atoms. The number of halogens is 1. The van der Waals surface area contributed by atoms with Crippen molar-refractivity contribution in [3.05, 3.63) is 65.2 Å². The van der Waals surface area contributed by atoms with Gasteiger partial charge >= 0.3 is 0 Å². The van der Waals surface area contributed by atoms with Crippen LogP contribution in [0.1, 0.15) is 48.7 Å². The first-order valence-corrected chi connectivity index (χ1v) is 12.1. The third kappa shape index (κ3) is 4.14. The largest absolute Gasteiger partial charge is 0.454 e. The van der Waals surface area contributed by atoms with Gasteiger partial charge in [-0.05, 0) is 47.0 Å². The maximum atomic E-state index is 15.1. The van der Waals surface area contributed by atoms with Gasteiger partial charge in [-0.25, -0.2) is 9.07 Å². The van der Waals surface area contributed by atoms with Crippen molar-refractivity contribution < 1.29 is 13.9 Å². The molecule has 1 saturated carbocycles. The van der Waals surface area contributed by atoms with E-state index >= 15 is 4.39 Å². The van der Waals surface area contributed by atoms with Crippen molar-refractivity contribution in [1.29, 1.82) is 0 Å². The summed E-state index contributed by atoms with van der Waals surface area (Å²) in [6.07, 6.45) is 5.25. The highest BCUT2D eigenvalue weighted by molar-refractivity contribution is 5.44. The van der Waals surface area contributed by atoms with Gasteiger partial charge in [-0.15, -0.1) is 5.10 Å². The fraction of sp³-hybridized carbons (Fsp3) is 0.480. The second kappa shape index (κ2) is 9.31. The van der Waals surface area contributed by atoms with Crippen molar-refractivity contribution >= 4 is 0 Å². The van der Waals surface area contributed by atoms with E-state index in [2.05, 4.69) is 25.3 Å². The lowest BCUT2D eigenvalue weighted by molar-refractivity contribution is 0.0762. The Balaban J connectivity index is 1.28. The van der Waals surface area contributed by atoms with E-state index in [1.165, 1.54) is 31.7 Å². The molecule has 1 saturated heterocycles. The minimum Gasteiger partial charge on any atom is -0.454 e. The minimum atomic E-state index is -0.351. The zero-order chi connectivity index (χ0) is 22.9. The molecule has 2 aromatic carbocycles. The molecule has 2 fully saturated rings. The highest BCUT2D eigenvalue weighted by Gasteiger charge is 2.34. The number of ether oxygens (including phenoxy) is 2. The van der Waals surface area contributed by atoms with Gasteiger partial charge < -0.3 is 9.47 Å². The first-order valence-electron chi connectivity index (χ1n) is 12.1. The SMILES string of the molecule is Fc1ccccc1[C@H](c1nnnn1Cc1ccc2c(c1)OCO2)N1CCN(C2CCCC2)CC1. The molecular formula is C25H29FN6O2. The molecule has 3 heterocycles. The van der Waals surface area contributed by atoms with Crippen molar-refractivity contribution in [2.75, 3.05) is 33.0 Å². The van der Waals surface area contributed by atoms with Gasteiger partial charge in [0.1, 0.15) is 11.9 Å². The Labute approximate surface area is 198 Å². The van der Waals surface area contributed by atoms with Gasteiger partial charge in [-0.2, -0.15) is 0 Å². The van der Waals surface area contributed by atoms with Crippen LogP contribution in [0.15, 0.2) is 42.5 Å². The average Bonchev–Trinajstić information content (AvgIpc) is 3.64. The molecule has 0 N–H and O–H groups in total. The first-order chi connectivity index (χ1) is 16.8. The smallest absolute Gasteiger partial charge is 0.231 e. The molecule has 1 aromatic heterocycles. The molecular weight excluding hydrogens is 435 g/mol. The molecule has 8 nitrogen and oxygen atoms in total. The lowest BCUT2D eigenvalue weighted by atomic mass is 10.0. The normalized spacial score (nSPS) is 20.1. The Morgan fingerprint density at radius 1 is 0.971 bits per heavy atom. The molecule has 0 bridgehead atoms. The zero-order valence-electron chi connectivity index (χ0n) is 19.1. The molecule has 0 amide bonds. The summed E-state index contributed by atoms with van der Waals surface area (Å²) in [5, 5.41) is 12.7. The summed E-state index contributed by atoms with van der Waals surface area (Å²) in [6, 6.07) is 13.2. The van der Waals surface area contributed by atoms with Crippen LogP contribution in [0.4, 0.5) is 4.39 Å². The number of hydrogen-bond acceptors (Lipinski definition) is 7. The van der Waals surface area contributed by atoms with E-state index in [-0.39, 0.29) is 18.7 Å². The Kier molecular flexibility index (Phi) is 5.88. The molecule has 1 aliphatic carbocycles. The summed E-state index contributed by atoms with van der Waals surface area (Å²) in [4.78, 5) is 4.93. The fourth-order valence-electron chi connectivity index (χ4n) is 5.56. The van der Waals surface area contributed by atoms with Crippen LogP contribution < -0.4 is 9.47 Å². The maximum Gasteiger partial charge on any atom is 0.231 e. The monoisotopic (exact) mass is 464 g/mol. The lowest BCUT2D eigenvalue weighted by Gasteiger charge is -2.41. The van der Waals surface area contributed by atoms with Crippen LogP contribution in [0.2, 0.25) is 0 Å². The third-order valence-corrected chi connectivity index (χ3v) is 7.33. The van der Waals surface area contributed by atoms with Crippen LogP contribution in [0.25, 0.3) is 0 Å². The summed E-state index contributed by atoms with van der Waals surface area (Å²) in [7, 11) is 0. The van der Waals surface area contributed by atoms with E-state index in [4.69, 9.17) is 9.47 Å². The number of aromatic nitrogens is 4. The molecule has 0 unspecified atom stereocenters. The Bertz CT molecular complexity index is 1140. The molecule has 1 atom stereocenters. The quantitative estimate of drug-likeness (QED) is 0.555. The number of tetrazole rings is 1. The van der Waals surface area contributed by atoms with Crippen LogP contribution in [-0.2, 0) is 6.54 Å². The summed E-state index contributed by atoms with van der Waals surface area (Å²) in [5.41, 5.74) is 1.61. The van der Waals surface area contributed by atoms with Crippen LogP contribution in [0, 0.1) is 5.82 Å². The van der Waals surface area contributed by atoms with Crippen LogP contribution in [0.3, 0.4) is 0 Å². The highest BCUT2D eigenvalue weighted by atomic mass is 19.1. The van der Waals surface area contributed by atoms with Gasteiger partial charge in [0.2, 0.25) is 6.79 Å². The van der Waals surface area contributed by atoms with E-state index in [1.54, 1.807) is 10.7 Å². The number of nitrogens with zero attached hydrogens (tertiary/aromatic N) is 6. The van der Waals surface area contributed by atoms with Gasteiger partial charge in [0.05, 0.1) is 6.54 Å².